The van der Waals surface area contributed by atoms with E-state index in [1.807, 2.05) is 24.3 Å². The molecule has 0 bridgehead atoms. The number of sulfone groups is 1. The number of anilines is 1. The second-order valence-corrected chi connectivity index (χ2v) is 7.12. The molecule has 0 radical (unpaired) electrons. The molecule has 2 aromatic rings. The monoisotopic (exact) mass is 309 g/mol. The summed E-state index contributed by atoms with van der Waals surface area (Å²) in [5, 5.41) is 4.36. The van der Waals surface area contributed by atoms with Gasteiger partial charge in [-0.2, -0.15) is 5.10 Å². The lowest BCUT2D eigenvalue weighted by molar-refractivity contribution is 0.415. The zero-order valence-electron chi connectivity index (χ0n) is 12.1. The van der Waals surface area contributed by atoms with Gasteiger partial charge < -0.3 is 10.5 Å². The van der Waals surface area contributed by atoms with Crippen molar-refractivity contribution in [2.24, 2.45) is 0 Å². The van der Waals surface area contributed by atoms with E-state index in [1.54, 1.807) is 20.1 Å². The summed E-state index contributed by atoms with van der Waals surface area (Å²) in [5.41, 5.74) is 7.46. The minimum atomic E-state index is -3.04. The molecule has 1 aromatic carbocycles. The van der Waals surface area contributed by atoms with Crippen molar-refractivity contribution in [2.75, 3.05) is 24.3 Å². The van der Waals surface area contributed by atoms with E-state index in [9.17, 15) is 8.42 Å². The molecule has 0 saturated carbocycles. The van der Waals surface area contributed by atoms with Crippen molar-refractivity contribution in [3.63, 3.8) is 0 Å². The second kappa shape index (κ2) is 6.17. The van der Waals surface area contributed by atoms with Gasteiger partial charge in [-0.3, -0.25) is 0 Å². The van der Waals surface area contributed by atoms with E-state index in [-0.39, 0.29) is 18.1 Å². The lowest BCUT2D eigenvalue weighted by Crippen LogP contribution is -2.16. The molecule has 0 spiro atoms. The fourth-order valence-electron chi connectivity index (χ4n) is 1.90. The third-order valence-electron chi connectivity index (χ3n) is 3.23. The predicted octanol–water partition coefficient (Wildman–Crippen LogP) is 1.58. The van der Waals surface area contributed by atoms with Crippen LogP contribution in [-0.4, -0.2) is 36.8 Å². The van der Waals surface area contributed by atoms with Crippen LogP contribution >= 0.6 is 0 Å². The molecule has 1 aromatic heterocycles. The molecule has 0 amide bonds. The van der Waals surface area contributed by atoms with Crippen LogP contribution in [0.25, 0.3) is 11.3 Å². The Bertz CT molecular complexity index is 723. The Morgan fingerprint density at radius 1 is 1.33 bits per heavy atom. The van der Waals surface area contributed by atoms with Crippen LogP contribution in [0.1, 0.15) is 6.92 Å². The summed E-state index contributed by atoms with van der Waals surface area (Å²) in [5.74, 6) is 1.33. The molecule has 0 fully saturated rings. The van der Waals surface area contributed by atoms with Crippen LogP contribution in [0, 0.1) is 0 Å². The summed E-state index contributed by atoms with van der Waals surface area (Å²) in [6, 6.07) is 9.20. The van der Waals surface area contributed by atoms with Gasteiger partial charge in [0.1, 0.15) is 11.6 Å². The van der Waals surface area contributed by atoms with Gasteiger partial charge in [-0.15, -0.1) is 0 Å². The first-order valence-electron chi connectivity index (χ1n) is 6.63. The van der Waals surface area contributed by atoms with Crippen LogP contribution in [-0.2, 0) is 16.4 Å². The lowest BCUT2D eigenvalue weighted by atomic mass is 10.1. The molecular weight excluding hydrogens is 290 g/mol. The molecule has 6 nitrogen and oxygen atoms in total. The first-order valence-corrected chi connectivity index (χ1v) is 8.45. The molecule has 2 N–H and O–H groups in total. The predicted molar refractivity (Wildman–Crippen MR) is 83.0 cm³/mol. The number of nitrogen functional groups attached to an aromatic ring is 1. The molecular formula is C14H19N3O3S. The van der Waals surface area contributed by atoms with Gasteiger partial charge in [0, 0.05) is 17.4 Å². The molecule has 114 valence electrons. The highest BCUT2D eigenvalue weighted by Crippen LogP contribution is 2.24. The molecule has 0 saturated heterocycles. The Hall–Kier alpha value is -2.02. The van der Waals surface area contributed by atoms with Crippen molar-refractivity contribution >= 4 is 15.7 Å². The first-order chi connectivity index (χ1) is 9.95. The summed E-state index contributed by atoms with van der Waals surface area (Å²) in [6.07, 6.45) is 0. The van der Waals surface area contributed by atoms with Gasteiger partial charge in [-0.1, -0.05) is 19.1 Å². The minimum Gasteiger partial charge on any atom is -0.497 e. The molecule has 7 heteroatoms. The largest absolute Gasteiger partial charge is 0.497 e. The van der Waals surface area contributed by atoms with Gasteiger partial charge in [0.15, 0.2) is 9.84 Å². The Kier molecular flexibility index (Phi) is 4.52. The normalized spacial score (nSPS) is 11.5. The summed E-state index contributed by atoms with van der Waals surface area (Å²) in [4.78, 5) is 0. The molecule has 1 heterocycles. The minimum absolute atomic E-state index is 0.0347. The van der Waals surface area contributed by atoms with E-state index >= 15 is 0 Å². The Balaban J connectivity index is 2.22. The molecule has 2 rings (SSSR count). The molecule has 0 aliphatic carbocycles. The highest BCUT2D eigenvalue weighted by molar-refractivity contribution is 7.91. The SMILES string of the molecule is CCS(=O)(=O)CCn1nc(-c2cccc(OC)c2)cc1N. The smallest absolute Gasteiger partial charge is 0.151 e. The Morgan fingerprint density at radius 2 is 2.10 bits per heavy atom. The summed E-state index contributed by atoms with van der Waals surface area (Å²) in [6.45, 7) is 1.88. The van der Waals surface area contributed by atoms with Crippen molar-refractivity contribution in [1.82, 2.24) is 9.78 Å². The van der Waals surface area contributed by atoms with E-state index in [1.165, 1.54) is 4.68 Å². The van der Waals surface area contributed by atoms with Crippen molar-refractivity contribution < 1.29 is 13.2 Å². The number of ether oxygens (including phenoxy) is 1. The number of benzene rings is 1. The molecule has 0 aliphatic heterocycles. The highest BCUT2D eigenvalue weighted by atomic mass is 32.2. The van der Waals surface area contributed by atoms with Gasteiger partial charge in [0.05, 0.1) is 25.1 Å². The van der Waals surface area contributed by atoms with Crippen LogP contribution in [0.4, 0.5) is 5.82 Å². The van der Waals surface area contributed by atoms with E-state index in [2.05, 4.69) is 5.10 Å². The second-order valence-electron chi connectivity index (χ2n) is 4.65. The zero-order chi connectivity index (χ0) is 15.5. The van der Waals surface area contributed by atoms with Crippen molar-refractivity contribution in [1.29, 1.82) is 0 Å². The molecule has 0 unspecified atom stereocenters. The lowest BCUT2D eigenvalue weighted by Gasteiger charge is -2.04. The van der Waals surface area contributed by atoms with Crippen LogP contribution in [0.5, 0.6) is 5.75 Å². The standard InChI is InChI=1S/C14H19N3O3S/c1-3-21(18,19)8-7-17-14(15)10-13(16-17)11-5-4-6-12(9-11)20-2/h4-6,9-10H,3,7-8,15H2,1-2H3. The summed E-state index contributed by atoms with van der Waals surface area (Å²) < 4.78 is 29.8. The maximum atomic E-state index is 11.5. The van der Waals surface area contributed by atoms with E-state index < -0.39 is 9.84 Å². The van der Waals surface area contributed by atoms with Gasteiger partial charge in [0.2, 0.25) is 0 Å². The first kappa shape index (κ1) is 15.4. The van der Waals surface area contributed by atoms with E-state index in [0.717, 1.165) is 11.3 Å². The number of hydrogen-bond donors (Lipinski definition) is 1. The zero-order valence-corrected chi connectivity index (χ0v) is 12.9. The quantitative estimate of drug-likeness (QED) is 0.875. The van der Waals surface area contributed by atoms with Gasteiger partial charge in [-0.05, 0) is 12.1 Å². The number of aryl methyl sites for hydroxylation is 1. The van der Waals surface area contributed by atoms with Crippen LogP contribution < -0.4 is 10.5 Å². The van der Waals surface area contributed by atoms with Crippen LogP contribution in [0.3, 0.4) is 0 Å². The maximum absolute atomic E-state index is 11.5. The highest BCUT2D eigenvalue weighted by Gasteiger charge is 2.12. The third kappa shape index (κ3) is 3.75. The topological polar surface area (TPSA) is 87.2 Å². The van der Waals surface area contributed by atoms with E-state index in [4.69, 9.17) is 10.5 Å². The number of nitrogens with two attached hydrogens (primary N) is 1. The molecule has 0 atom stereocenters. The van der Waals surface area contributed by atoms with Crippen LogP contribution in [0.2, 0.25) is 0 Å². The maximum Gasteiger partial charge on any atom is 0.151 e. The van der Waals surface area contributed by atoms with Gasteiger partial charge in [-0.25, -0.2) is 13.1 Å². The number of methoxy groups -OCH3 is 1. The average molecular weight is 309 g/mol. The van der Waals surface area contributed by atoms with Gasteiger partial charge >= 0.3 is 0 Å². The van der Waals surface area contributed by atoms with Crippen LogP contribution in [0.15, 0.2) is 30.3 Å². The molecule has 21 heavy (non-hydrogen) atoms. The average Bonchev–Trinajstić information content (AvgIpc) is 2.86. The molecule has 0 aliphatic rings. The Labute approximate surface area is 124 Å². The number of hydrogen-bond acceptors (Lipinski definition) is 5. The summed E-state index contributed by atoms with van der Waals surface area (Å²) >= 11 is 0. The van der Waals surface area contributed by atoms with Crippen molar-refractivity contribution in [2.45, 2.75) is 13.5 Å². The third-order valence-corrected chi connectivity index (χ3v) is 4.91. The number of rotatable bonds is 6. The number of aromatic nitrogens is 2. The summed E-state index contributed by atoms with van der Waals surface area (Å²) in [7, 11) is -1.44. The number of nitrogens with zero attached hydrogens (tertiary/aromatic N) is 2. The van der Waals surface area contributed by atoms with Crippen molar-refractivity contribution in [3.8, 4) is 17.0 Å². The fraction of sp³-hybridized carbons (Fsp3) is 0.357. The Morgan fingerprint density at radius 3 is 2.76 bits per heavy atom. The van der Waals surface area contributed by atoms with Crippen molar-refractivity contribution in [3.05, 3.63) is 30.3 Å². The van der Waals surface area contributed by atoms with E-state index in [0.29, 0.717) is 11.5 Å². The fourth-order valence-corrected chi connectivity index (χ4v) is 2.64. The van der Waals surface area contributed by atoms with Gasteiger partial charge in [0.25, 0.3) is 0 Å².